The number of ether oxygens (including phenoxy) is 2. The predicted octanol–water partition coefficient (Wildman–Crippen LogP) is 3.25. The molecule has 0 bridgehead atoms. The number of benzene rings is 2. The van der Waals surface area contributed by atoms with Gasteiger partial charge in [-0.25, -0.2) is 9.98 Å². The highest BCUT2D eigenvalue weighted by molar-refractivity contribution is 5.95. The van der Waals surface area contributed by atoms with Crippen LogP contribution in [0, 0.1) is 0 Å². The fourth-order valence-corrected chi connectivity index (χ4v) is 3.65. The Balaban J connectivity index is 1.24. The van der Waals surface area contributed by atoms with Crippen LogP contribution in [0.3, 0.4) is 0 Å². The molecule has 0 radical (unpaired) electrons. The maximum absolute atomic E-state index is 5.76. The van der Waals surface area contributed by atoms with Gasteiger partial charge in [-0.05, 0) is 36.1 Å². The van der Waals surface area contributed by atoms with E-state index < -0.39 is 0 Å². The van der Waals surface area contributed by atoms with Crippen LogP contribution in [0.2, 0.25) is 0 Å². The quantitative estimate of drug-likeness (QED) is 0.639. The molecule has 2 aromatic carbocycles. The van der Waals surface area contributed by atoms with E-state index in [1.165, 1.54) is 11.1 Å². The molecule has 2 aliphatic rings. The van der Waals surface area contributed by atoms with Gasteiger partial charge >= 0.3 is 0 Å². The SMILES string of the molecule is c1ccc(C[C@H]2COC(c3ccc(C4=N[C@@H](Cc5ccccc5)CO4)nn3)=N2)cc1. The van der Waals surface area contributed by atoms with Crippen molar-refractivity contribution in [3.05, 3.63) is 95.3 Å². The summed E-state index contributed by atoms with van der Waals surface area (Å²) in [7, 11) is 0. The first kappa shape index (κ1) is 18.5. The van der Waals surface area contributed by atoms with Gasteiger partial charge in [0, 0.05) is 0 Å². The molecule has 3 heterocycles. The van der Waals surface area contributed by atoms with E-state index in [-0.39, 0.29) is 12.1 Å². The number of aromatic nitrogens is 2. The maximum Gasteiger partial charge on any atom is 0.237 e. The minimum atomic E-state index is 0.102. The highest BCUT2D eigenvalue weighted by Gasteiger charge is 2.24. The molecule has 2 aliphatic heterocycles. The van der Waals surface area contributed by atoms with Gasteiger partial charge in [-0.2, -0.15) is 0 Å². The second-order valence-corrected chi connectivity index (χ2v) is 7.48. The molecule has 6 heteroatoms. The Bertz CT molecular complexity index is 963. The molecular weight excluding hydrogens is 376 g/mol. The normalized spacial score (nSPS) is 20.3. The summed E-state index contributed by atoms with van der Waals surface area (Å²) in [4.78, 5) is 9.34. The van der Waals surface area contributed by atoms with E-state index in [0.29, 0.717) is 36.4 Å². The van der Waals surface area contributed by atoms with E-state index >= 15 is 0 Å². The molecule has 0 saturated heterocycles. The van der Waals surface area contributed by atoms with Crippen LogP contribution >= 0.6 is 0 Å². The van der Waals surface area contributed by atoms with Crippen LogP contribution in [0.4, 0.5) is 0 Å². The fourth-order valence-electron chi connectivity index (χ4n) is 3.65. The standard InChI is InChI=1S/C24H22N4O2/c1-3-7-17(8-4-1)13-19-15-29-23(25-19)21-11-12-22(28-27-21)24-26-20(16-30-24)14-18-9-5-2-6-10-18/h1-12,19-20H,13-16H2/t19-,20-/m0/s1. The zero-order chi connectivity index (χ0) is 20.2. The first-order valence-corrected chi connectivity index (χ1v) is 10.2. The van der Waals surface area contributed by atoms with E-state index in [1.807, 2.05) is 48.5 Å². The van der Waals surface area contributed by atoms with Crippen LogP contribution in [0.5, 0.6) is 0 Å². The Morgan fingerprint density at radius 1 is 0.600 bits per heavy atom. The smallest absolute Gasteiger partial charge is 0.237 e. The third-order valence-electron chi connectivity index (χ3n) is 5.16. The molecule has 0 aliphatic carbocycles. The van der Waals surface area contributed by atoms with E-state index in [4.69, 9.17) is 9.47 Å². The van der Waals surface area contributed by atoms with Gasteiger partial charge in [-0.15, -0.1) is 10.2 Å². The third-order valence-corrected chi connectivity index (χ3v) is 5.16. The van der Waals surface area contributed by atoms with E-state index in [0.717, 1.165) is 12.8 Å². The van der Waals surface area contributed by atoms with Crippen LogP contribution in [-0.4, -0.2) is 47.3 Å². The molecule has 6 nitrogen and oxygen atoms in total. The Morgan fingerprint density at radius 2 is 1.03 bits per heavy atom. The lowest BCUT2D eigenvalue weighted by Gasteiger charge is -2.04. The van der Waals surface area contributed by atoms with Crippen LogP contribution < -0.4 is 0 Å². The van der Waals surface area contributed by atoms with Gasteiger partial charge < -0.3 is 9.47 Å². The molecule has 1 aromatic heterocycles. The summed E-state index contributed by atoms with van der Waals surface area (Å²) >= 11 is 0. The molecule has 0 amide bonds. The Labute approximate surface area is 175 Å². The van der Waals surface area contributed by atoms with Crippen LogP contribution in [0.25, 0.3) is 0 Å². The molecule has 0 fully saturated rings. The van der Waals surface area contributed by atoms with Crippen LogP contribution in [0.15, 0.2) is 82.8 Å². The molecule has 150 valence electrons. The minimum absolute atomic E-state index is 0.102. The number of nitrogens with zero attached hydrogens (tertiary/aromatic N) is 4. The zero-order valence-electron chi connectivity index (χ0n) is 16.5. The van der Waals surface area contributed by atoms with Gasteiger partial charge in [0.2, 0.25) is 11.8 Å². The second kappa shape index (κ2) is 8.45. The maximum atomic E-state index is 5.76. The van der Waals surface area contributed by atoms with Gasteiger partial charge in [0.1, 0.15) is 24.6 Å². The van der Waals surface area contributed by atoms with E-state index in [2.05, 4.69) is 44.4 Å². The van der Waals surface area contributed by atoms with Crippen molar-refractivity contribution in [3.63, 3.8) is 0 Å². The lowest BCUT2D eigenvalue weighted by molar-refractivity contribution is 0.314. The van der Waals surface area contributed by atoms with Crippen molar-refractivity contribution in [2.45, 2.75) is 24.9 Å². The van der Waals surface area contributed by atoms with Crippen molar-refractivity contribution in [1.29, 1.82) is 0 Å². The van der Waals surface area contributed by atoms with Gasteiger partial charge in [-0.3, -0.25) is 0 Å². The summed E-state index contributed by atoms with van der Waals surface area (Å²) in [5.41, 5.74) is 3.76. The average Bonchev–Trinajstić information content (AvgIpc) is 3.45. The summed E-state index contributed by atoms with van der Waals surface area (Å²) in [6.45, 7) is 1.12. The van der Waals surface area contributed by atoms with Crippen molar-refractivity contribution in [2.24, 2.45) is 9.98 Å². The average molecular weight is 398 g/mol. The van der Waals surface area contributed by atoms with Crippen molar-refractivity contribution in [2.75, 3.05) is 13.2 Å². The topological polar surface area (TPSA) is 69.0 Å². The van der Waals surface area contributed by atoms with Gasteiger partial charge in [-0.1, -0.05) is 60.7 Å². The highest BCUT2D eigenvalue weighted by Crippen LogP contribution is 2.17. The molecule has 0 N–H and O–H groups in total. The molecule has 0 saturated carbocycles. The lowest BCUT2D eigenvalue weighted by Crippen LogP contribution is -2.11. The summed E-state index contributed by atoms with van der Waals surface area (Å²) in [5, 5.41) is 8.58. The molecule has 5 rings (SSSR count). The highest BCUT2D eigenvalue weighted by atomic mass is 16.5. The van der Waals surface area contributed by atoms with E-state index in [9.17, 15) is 0 Å². The monoisotopic (exact) mass is 398 g/mol. The van der Waals surface area contributed by atoms with E-state index in [1.54, 1.807) is 0 Å². The molecule has 30 heavy (non-hydrogen) atoms. The number of hydrogen-bond acceptors (Lipinski definition) is 6. The summed E-state index contributed by atoms with van der Waals surface area (Å²) in [6, 6.07) is 24.6. The summed E-state index contributed by atoms with van der Waals surface area (Å²) in [5.74, 6) is 1.09. The molecule has 0 unspecified atom stereocenters. The zero-order valence-corrected chi connectivity index (χ0v) is 16.5. The fraction of sp³-hybridized carbons (Fsp3) is 0.250. The van der Waals surface area contributed by atoms with Crippen LogP contribution in [0.1, 0.15) is 22.5 Å². The number of rotatable bonds is 6. The first-order chi connectivity index (χ1) is 14.8. The van der Waals surface area contributed by atoms with Crippen molar-refractivity contribution in [3.8, 4) is 0 Å². The van der Waals surface area contributed by atoms with Crippen molar-refractivity contribution < 1.29 is 9.47 Å². The van der Waals surface area contributed by atoms with Gasteiger partial charge in [0.05, 0.1) is 12.1 Å². The first-order valence-electron chi connectivity index (χ1n) is 10.2. The van der Waals surface area contributed by atoms with Gasteiger partial charge in [0.25, 0.3) is 0 Å². The largest absolute Gasteiger partial charge is 0.474 e. The Morgan fingerprint density at radius 3 is 1.43 bits per heavy atom. The number of hydrogen-bond donors (Lipinski definition) is 0. The van der Waals surface area contributed by atoms with Crippen LogP contribution in [-0.2, 0) is 22.3 Å². The minimum Gasteiger partial charge on any atom is -0.474 e. The predicted molar refractivity (Wildman–Crippen MR) is 115 cm³/mol. The lowest BCUT2D eigenvalue weighted by atomic mass is 10.1. The van der Waals surface area contributed by atoms with Gasteiger partial charge in [0.15, 0.2) is 0 Å². The third kappa shape index (κ3) is 4.22. The summed E-state index contributed by atoms with van der Waals surface area (Å²) < 4.78 is 11.5. The summed E-state index contributed by atoms with van der Waals surface area (Å²) in [6.07, 6.45) is 1.70. The number of aliphatic imine (C=N–C) groups is 2. The van der Waals surface area contributed by atoms with Crippen molar-refractivity contribution >= 4 is 11.8 Å². The molecule has 2 atom stereocenters. The second-order valence-electron chi connectivity index (χ2n) is 7.48. The van der Waals surface area contributed by atoms with Crippen molar-refractivity contribution in [1.82, 2.24) is 10.2 Å². The molecule has 0 spiro atoms. The molecular formula is C24H22N4O2. The molecule has 3 aromatic rings. The Kier molecular flexibility index (Phi) is 5.21. The Hall–Kier alpha value is -3.54.